The van der Waals surface area contributed by atoms with Gasteiger partial charge in [-0.15, -0.1) is 0 Å². The summed E-state index contributed by atoms with van der Waals surface area (Å²) < 4.78 is 0. The van der Waals surface area contributed by atoms with Gasteiger partial charge in [0.05, 0.1) is 0 Å². The number of carbonyl (C=O) groups is 2. The summed E-state index contributed by atoms with van der Waals surface area (Å²) >= 11 is 0. The van der Waals surface area contributed by atoms with Gasteiger partial charge in [-0.1, -0.05) is 36.4 Å². The maximum atomic E-state index is 11.9. The summed E-state index contributed by atoms with van der Waals surface area (Å²) in [6.45, 7) is 11.0. The van der Waals surface area contributed by atoms with Crippen LogP contribution in [-0.4, -0.2) is 21.5 Å². The average Bonchev–Trinajstić information content (AvgIpc) is 2.73. The van der Waals surface area contributed by atoms with E-state index in [1.54, 1.807) is 18.3 Å². The van der Waals surface area contributed by atoms with Gasteiger partial charge < -0.3 is 10.6 Å². The fraction of sp³-hybridized carbons (Fsp3) is 0.200. The first-order valence-corrected chi connectivity index (χ1v) is 10.0. The van der Waals surface area contributed by atoms with Crippen molar-refractivity contribution in [2.45, 2.75) is 34.1 Å². The second-order valence-corrected chi connectivity index (χ2v) is 7.57. The van der Waals surface area contributed by atoms with Gasteiger partial charge in [0, 0.05) is 35.1 Å². The number of aromatic nitrogens is 2. The molecule has 2 aromatic carbocycles. The molecule has 3 rings (SSSR count). The molecule has 0 aliphatic rings. The van der Waals surface area contributed by atoms with E-state index in [0.29, 0.717) is 17.3 Å². The molecule has 0 saturated heterocycles. The topological polar surface area (TPSA) is 84.0 Å². The second kappa shape index (κ2) is 9.34. The van der Waals surface area contributed by atoms with Crippen molar-refractivity contribution in [1.82, 2.24) is 9.97 Å². The molecule has 158 valence electrons. The Morgan fingerprint density at radius 1 is 1.00 bits per heavy atom. The Balaban J connectivity index is 1.91. The highest BCUT2D eigenvalue weighted by atomic mass is 16.1. The van der Waals surface area contributed by atoms with Gasteiger partial charge in [-0.25, -0.2) is 4.98 Å². The molecule has 6 nitrogen and oxygen atoms in total. The summed E-state index contributed by atoms with van der Waals surface area (Å²) in [5.74, 6) is 0.995. The lowest BCUT2D eigenvalue weighted by molar-refractivity contribution is -0.114. The van der Waals surface area contributed by atoms with Crippen molar-refractivity contribution in [3.63, 3.8) is 0 Å². The molecule has 0 atom stereocenters. The third-order valence-corrected chi connectivity index (χ3v) is 4.97. The zero-order valence-electron chi connectivity index (χ0n) is 18.2. The third kappa shape index (κ3) is 5.42. The molecule has 0 bridgehead atoms. The molecule has 0 radical (unpaired) electrons. The van der Waals surface area contributed by atoms with E-state index >= 15 is 0 Å². The lowest BCUT2D eigenvalue weighted by Gasteiger charge is -2.15. The summed E-state index contributed by atoms with van der Waals surface area (Å²) in [6.07, 6.45) is 3.33. The molecule has 0 aliphatic heterocycles. The average molecular weight is 415 g/mol. The number of allylic oxidation sites excluding steroid dienone is 1. The van der Waals surface area contributed by atoms with E-state index in [-0.39, 0.29) is 18.0 Å². The minimum Gasteiger partial charge on any atom is -0.340 e. The standard InChI is InChI=1S/C25H26N4O2/c1-6-21(31)12-20-11-15(2)7-10-22(20)27-24-17(4)14-26-25(29-24)28-23-13-19(18(5)30)9-8-16(23)3/h6-11,13-14H,1,12H2,2-5H3,(H2,26,27,28,29). The summed E-state index contributed by atoms with van der Waals surface area (Å²) in [5, 5.41) is 6.54. The van der Waals surface area contributed by atoms with Crippen LogP contribution in [0.5, 0.6) is 0 Å². The number of hydrogen-bond acceptors (Lipinski definition) is 6. The number of anilines is 4. The predicted molar refractivity (Wildman–Crippen MR) is 125 cm³/mol. The lowest BCUT2D eigenvalue weighted by Crippen LogP contribution is -2.07. The number of rotatable bonds is 8. The first-order chi connectivity index (χ1) is 14.8. The highest BCUT2D eigenvalue weighted by Gasteiger charge is 2.11. The van der Waals surface area contributed by atoms with Gasteiger partial charge in [0.15, 0.2) is 11.6 Å². The van der Waals surface area contributed by atoms with Gasteiger partial charge in [-0.2, -0.15) is 4.98 Å². The Morgan fingerprint density at radius 3 is 2.48 bits per heavy atom. The smallest absolute Gasteiger partial charge is 0.229 e. The molecule has 1 heterocycles. The molecule has 2 N–H and O–H groups in total. The molecule has 0 spiro atoms. The Kier molecular flexibility index (Phi) is 6.60. The van der Waals surface area contributed by atoms with E-state index < -0.39 is 0 Å². The van der Waals surface area contributed by atoms with Crippen molar-refractivity contribution >= 4 is 34.7 Å². The van der Waals surface area contributed by atoms with Crippen molar-refractivity contribution < 1.29 is 9.59 Å². The molecule has 0 unspecified atom stereocenters. The maximum Gasteiger partial charge on any atom is 0.229 e. The van der Waals surface area contributed by atoms with Crippen LogP contribution >= 0.6 is 0 Å². The summed E-state index contributed by atoms with van der Waals surface area (Å²) in [6, 6.07) is 11.4. The third-order valence-electron chi connectivity index (χ3n) is 4.97. The van der Waals surface area contributed by atoms with Gasteiger partial charge >= 0.3 is 0 Å². The first-order valence-electron chi connectivity index (χ1n) is 10.0. The molecule has 6 heteroatoms. The number of ketones is 2. The van der Waals surface area contributed by atoms with Crippen molar-refractivity contribution in [3.8, 4) is 0 Å². The van der Waals surface area contributed by atoms with E-state index in [9.17, 15) is 9.59 Å². The summed E-state index contributed by atoms with van der Waals surface area (Å²) in [5.41, 5.74) is 5.99. The van der Waals surface area contributed by atoms with Crippen LogP contribution < -0.4 is 10.6 Å². The van der Waals surface area contributed by atoms with Gasteiger partial charge in [0.1, 0.15) is 5.82 Å². The minimum absolute atomic E-state index is 0.00352. The molecule has 3 aromatic rings. The van der Waals surface area contributed by atoms with E-state index in [1.165, 1.54) is 13.0 Å². The van der Waals surface area contributed by atoms with Gasteiger partial charge in [-0.3, -0.25) is 9.59 Å². The van der Waals surface area contributed by atoms with Crippen LogP contribution in [0.4, 0.5) is 23.1 Å². The van der Waals surface area contributed by atoms with Crippen LogP contribution in [0.25, 0.3) is 0 Å². The number of aryl methyl sites for hydroxylation is 3. The second-order valence-electron chi connectivity index (χ2n) is 7.57. The van der Waals surface area contributed by atoms with Crippen LogP contribution in [0, 0.1) is 20.8 Å². The quantitative estimate of drug-likeness (QED) is 0.380. The monoisotopic (exact) mass is 414 g/mol. The number of carbonyl (C=O) groups excluding carboxylic acids is 2. The van der Waals surface area contributed by atoms with Crippen LogP contribution in [0.1, 0.15) is 39.5 Å². The number of benzene rings is 2. The SMILES string of the molecule is C=CC(=O)Cc1cc(C)ccc1Nc1nc(Nc2cc(C(C)=O)ccc2C)ncc1C. The van der Waals surface area contributed by atoms with Crippen LogP contribution in [0.2, 0.25) is 0 Å². The highest BCUT2D eigenvalue weighted by molar-refractivity contribution is 5.95. The molecule has 0 amide bonds. The van der Waals surface area contributed by atoms with Crippen molar-refractivity contribution in [2.24, 2.45) is 0 Å². The van der Waals surface area contributed by atoms with Gasteiger partial charge in [-0.05, 0) is 57.0 Å². The lowest BCUT2D eigenvalue weighted by atomic mass is 10.0. The first kappa shape index (κ1) is 21.9. The van der Waals surface area contributed by atoms with Crippen LogP contribution in [0.15, 0.2) is 55.3 Å². The van der Waals surface area contributed by atoms with Gasteiger partial charge in [0.25, 0.3) is 0 Å². The largest absolute Gasteiger partial charge is 0.340 e. The Morgan fingerprint density at radius 2 is 1.77 bits per heavy atom. The van der Waals surface area contributed by atoms with Crippen LogP contribution in [-0.2, 0) is 11.2 Å². The summed E-state index contributed by atoms with van der Waals surface area (Å²) in [7, 11) is 0. The molecular weight excluding hydrogens is 388 g/mol. The maximum absolute atomic E-state index is 11.9. The normalized spacial score (nSPS) is 10.5. The Bertz CT molecular complexity index is 1170. The van der Waals surface area contributed by atoms with E-state index in [4.69, 9.17) is 0 Å². The number of nitrogens with one attached hydrogen (secondary N) is 2. The van der Waals surface area contributed by atoms with Crippen LogP contribution in [0.3, 0.4) is 0 Å². The molecule has 31 heavy (non-hydrogen) atoms. The molecular formula is C25H26N4O2. The van der Waals surface area contributed by atoms with Gasteiger partial charge in [0.2, 0.25) is 5.95 Å². The van der Waals surface area contributed by atoms with E-state index in [0.717, 1.165) is 33.6 Å². The van der Waals surface area contributed by atoms with Crippen molar-refractivity contribution in [3.05, 3.63) is 83.1 Å². The highest BCUT2D eigenvalue weighted by Crippen LogP contribution is 2.26. The number of Topliss-reactive ketones (excluding diaryl/α,β-unsaturated/α-hetero) is 1. The van der Waals surface area contributed by atoms with Crippen molar-refractivity contribution in [2.75, 3.05) is 10.6 Å². The van der Waals surface area contributed by atoms with Crippen molar-refractivity contribution in [1.29, 1.82) is 0 Å². The fourth-order valence-corrected chi connectivity index (χ4v) is 3.10. The Labute approximate surface area is 182 Å². The molecule has 1 aromatic heterocycles. The fourth-order valence-electron chi connectivity index (χ4n) is 3.10. The molecule has 0 aliphatic carbocycles. The summed E-state index contributed by atoms with van der Waals surface area (Å²) in [4.78, 5) is 32.6. The zero-order valence-corrected chi connectivity index (χ0v) is 18.2. The molecule has 0 saturated carbocycles. The zero-order chi connectivity index (χ0) is 22.5. The molecule has 0 fully saturated rings. The van der Waals surface area contributed by atoms with E-state index in [2.05, 4.69) is 27.2 Å². The minimum atomic E-state index is -0.0451. The number of hydrogen-bond donors (Lipinski definition) is 2. The predicted octanol–water partition coefficient (Wildman–Crippen LogP) is 5.39. The van der Waals surface area contributed by atoms with E-state index in [1.807, 2.05) is 45.0 Å². The number of nitrogens with zero attached hydrogens (tertiary/aromatic N) is 2. The Hall–Kier alpha value is -3.80.